The molecule has 0 heterocycles. The summed E-state index contributed by atoms with van der Waals surface area (Å²) in [4.78, 5) is 0. The van der Waals surface area contributed by atoms with Gasteiger partial charge in [0.1, 0.15) is 0 Å². The van der Waals surface area contributed by atoms with Crippen molar-refractivity contribution >= 4 is 0 Å². The Hall–Kier alpha value is -0.340. The molecule has 0 radical (unpaired) electrons. The fourth-order valence-corrected chi connectivity index (χ4v) is 1.82. The lowest BCUT2D eigenvalue weighted by molar-refractivity contribution is 0.330. The second kappa shape index (κ2) is 4.63. The van der Waals surface area contributed by atoms with E-state index in [0.29, 0.717) is 18.1 Å². The Balaban J connectivity index is 2.26. The highest BCUT2D eigenvalue weighted by atomic mass is 14.9. The summed E-state index contributed by atoms with van der Waals surface area (Å²) in [6, 6.07) is 1.44. The predicted molar refractivity (Wildman–Crippen MR) is 53.0 cm³/mol. The van der Waals surface area contributed by atoms with E-state index in [4.69, 9.17) is 5.73 Å². The van der Waals surface area contributed by atoms with Crippen LogP contribution in [-0.2, 0) is 0 Å². The van der Waals surface area contributed by atoms with Crippen LogP contribution in [0.3, 0.4) is 0 Å². The molecule has 0 saturated heterocycles. The van der Waals surface area contributed by atoms with Crippen molar-refractivity contribution in [3.05, 3.63) is 12.7 Å². The molecule has 0 spiro atoms. The summed E-state index contributed by atoms with van der Waals surface area (Å²) in [5.41, 5.74) is 5.88. The lowest BCUT2D eigenvalue weighted by atomic mass is 9.91. The molecule has 3 unspecified atom stereocenters. The maximum absolute atomic E-state index is 5.88. The van der Waals surface area contributed by atoms with Gasteiger partial charge in [0.15, 0.2) is 0 Å². The van der Waals surface area contributed by atoms with Gasteiger partial charge in [-0.1, -0.05) is 12.5 Å². The van der Waals surface area contributed by atoms with Crippen LogP contribution in [0.2, 0.25) is 0 Å². The lowest BCUT2D eigenvalue weighted by Gasteiger charge is -2.29. The van der Waals surface area contributed by atoms with Crippen molar-refractivity contribution in [3.63, 3.8) is 0 Å². The van der Waals surface area contributed by atoms with Crippen molar-refractivity contribution in [2.24, 2.45) is 5.73 Å². The minimum Gasteiger partial charge on any atom is -0.328 e. The Bertz CT molecular complexity index is 145. The van der Waals surface area contributed by atoms with E-state index in [2.05, 4.69) is 18.8 Å². The molecule has 3 N–H and O–H groups in total. The average Bonchev–Trinajstić information content (AvgIpc) is 2.04. The van der Waals surface area contributed by atoms with E-state index in [1.807, 2.05) is 6.08 Å². The zero-order valence-corrected chi connectivity index (χ0v) is 7.92. The van der Waals surface area contributed by atoms with E-state index in [9.17, 15) is 0 Å². The molecule has 12 heavy (non-hydrogen) atoms. The standard InChI is InChI=1S/C10H20N2/c1-3-8(2)12-10-6-4-5-9(11)7-10/h3,8-10,12H,1,4-7,11H2,2H3. The van der Waals surface area contributed by atoms with Gasteiger partial charge in [0.25, 0.3) is 0 Å². The summed E-state index contributed by atoms with van der Waals surface area (Å²) in [6.45, 7) is 5.88. The molecule has 1 rings (SSSR count). The zero-order chi connectivity index (χ0) is 8.97. The van der Waals surface area contributed by atoms with Crippen molar-refractivity contribution in [1.82, 2.24) is 5.32 Å². The highest BCUT2D eigenvalue weighted by molar-refractivity contribution is 4.87. The Labute approximate surface area is 75.2 Å². The molecule has 0 aromatic heterocycles. The maximum Gasteiger partial charge on any atom is 0.0221 e. The Morgan fingerprint density at radius 2 is 2.33 bits per heavy atom. The van der Waals surface area contributed by atoms with Gasteiger partial charge in [0.2, 0.25) is 0 Å². The molecular weight excluding hydrogens is 148 g/mol. The SMILES string of the molecule is C=CC(C)NC1CCCC(N)C1. The van der Waals surface area contributed by atoms with Gasteiger partial charge in [-0.25, -0.2) is 0 Å². The molecule has 3 atom stereocenters. The van der Waals surface area contributed by atoms with Gasteiger partial charge in [-0.05, 0) is 26.2 Å². The fraction of sp³-hybridized carbons (Fsp3) is 0.800. The monoisotopic (exact) mass is 168 g/mol. The van der Waals surface area contributed by atoms with Crippen LogP contribution < -0.4 is 11.1 Å². The van der Waals surface area contributed by atoms with E-state index in [-0.39, 0.29) is 0 Å². The predicted octanol–water partition coefficient (Wildman–Crippen LogP) is 1.42. The first kappa shape index (κ1) is 9.75. The highest BCUT2D eigenvalue weighted by Gasteiger charge is 2.19. The number of rotatable bonds is 3. The van der Waals surface area contributed by atoms with E-state index in [0.717, 1.165) is 6.42 Å². The van der Waals surface area contributed by atoms with Gasteiger partial charge < -0.3 is 11.1 Å². The Morgan fingerprint density at radius 3 is 2.92 bits per heavy atom. The summed E-state index contributed by atoms with van der Waals surface area (Å²) < 4.78 is 0. The van der Waals surface area contributed by atoms with Crippen LogP contribution in [0.5, 0.6) is 0 Å². The van der Waals surface area contributed by atoms with E-state index in [1.165, 1.54) is 19.3 Å². The molecule has 2 nitrogen and oxygen atoms in total. The average molecular weight is 168 g/mol. The maximum atomic E-state index is 5.88. The van der Waals surface area contributed by atoms with E-state index < -0.39 is 0 Å². The minimum absolute atomic E-state index is 0.410. The molecule has 1 saturated carbocycles. The summed E-state index contributed by atoms with van der Waals surface area (Å²) in [6.07, 6.45) is 6.80. The Morgan fingerprint density at radius 1 is 1.58 bits per heavy atom. The smallest absolute Gasteiger partial charge is 0.0221 e. The van der Waals surface area contributed by atoms with E-state index in [1.54, 1.807) is 0 Å². The summed E-state index contributed by atoms with van der Waals surface area (Å²) in [7, 11) is 0. The lowest BCUT2D eigenvalue weighted by Crippen LogP contribution is -2.42. The molecule has 0 bridgehead atoms. The van der Waals surface area contributed by atoms with Crippen LogP contribution in [0.1, 0.15) is 32.6 Å². The number of nitrogens with two attached hydrogens (primary N) is 1. The Kier molecular flexibility index (Phi) is 3.76. The van der Waals surface area contributed by atoms with Crippen molar-refractivity contribution in [3.8, 4) is 0 Å². The van der Waals surface area contributed by atoms with Crippen LogP contribution in [0.25, 0.3) is 0 Å². The molecule has 0 aromatic carbocycles. The first-order valence-corrected chi connectivity index (χ1v) is 4.86. The summed E-state index contributed by atoms with van der Waals surface area (Å²) >= 11 is 0. The third kappa shape index (κ3) is 2.95. The van der Waals surface area contributed by atoms with Gasteiger partial charge in [-0.2, -0.15) is 0 Å². The number of hydrogen-bond donors (Lipinski definition) is 2. The molecule has 1 aliphatic rings. The molecule has 1 fully saturated rings. The molecule has 0 aromatic rings. The quantitative estimate of drug-likeness (QED) is 0.625. The van der Waals surface area contributed by atoms with Crippen LogP contribution in [0.4, 0.5) is 0 Å². The molecule has 2 heteroatoms. The first-order chi connectivity index (χ1) is 5.72. The van der Waals surface area contributed by atoms with Crippen LogP contribution >= 0.6 is 0 Å². The molecule has 0 aliphatic heterocycles. The van der Waals surface area contributed by atoms with Crippen LogP contribution in [0, 0.1) is 0 Å². The van der Waals surface area contributed by atoms with Gasteiger partial charge in [0, 0.05) is 18.1 Å². The fourth-order valence-electron chi connectivity index (χ4n) is 1.82. The number of nitrogens with one attached hydrogen (secondary N) is 1. The summed E-state index contributed by atoms with van der Waals surface area (Å²) in [5, 5.41) is 3.50. The third-order valence-corrected chi connectivity index (χ3v) is 2.57. The highest BCUT2D eigenvalue weighted by Crippen LogP contribution is 2.17. The van der Waals surface area contributed by atoms with Crippen molar-refractivity contribution in [1.29, 1.82) is 0 Å². The van der Waals surface area contributed by atoms with E-state index >= 15 is 0 Å². The zero-order valence-electron chi connectivity index (χ0n) is 7.92. The molecule has 0 amide bonds. The topological polar surface area (TPSA) is 38.0 Å². The third-order valence-electron chi connectivity index (χ3n) is 2.57. The van der Waals surface area contributed by atoms with Crippen LogP contribution in [0.15, 0.2) is 12.7 Å². The van der Waals surface area contributed by atoms with Gasteiger partial charge >= 0.3 is 0 Å². The number of hydrogen-bond acceptors (Lipinski definition) is 2. The van der Waals surface area contributed by atoms with Crippen molar-refractivity contribution in [2.45, 2.75) is 50.7 Å². The van der Waals surface area contributed by atoms with Crippen LogP contribution in [-0.4, -0.2) is 18.1 Å². The first-order valence-electron chi connectivity index (χ1n) is 4.86. The molecule has 1 aliphatic carbocycles. The minimum atomic E-state index is 0.410. The van der Waals surface area contributed by atoms with Gasteiger partial charge in [0.05, 0.1) is 0 Å². The van der Waals surface area contributed by atoms with Crippen molar-refractivity contribution < 1.29 is 0 Å². The summed E-state index contributed by atoms with van der Waals surface area (Å²) in [5.74, 6) is 0. The van der Waals surface area contributed by atoms with Gasteiger partial charge in [-0.3, -0.25) is 0 Å². The second-order valence-corrected chi connectivity index (χ2v) is 3.81. The normalized spacial score (nSPS) is 32.8. The molecule has 70 valence electrons. The largest absolute Gasteiger partial charge is 0.328 e. The van der Waals surface area contributed by atoms with Gasteiger partial charge in [-0.15, -0.1) is 6.58 Å². The molecular formula is C10H20N2. The van der Waals surface area contributed by atoms with Crippen molar-refractivity contribution in [2.75, 3.05) is 0 Å². The second-order valence-electron chi connectivity index (χ2n) is 3.81.